The van der Waals surface area contributed by atoms with Crippen LogP contribution in [0.25, 0.3) is 0 Å². The molecule has 1 unspecified atom stereocenters. The first-order valence-corrected chi connectivity index (χ1v) is 6.13. The van der Waals surface area contributed by atoms with Crippen LogP contribution in [0, 0.1) is 5.41 Å². The number of carbonyl (C=O) groups excluding carboxylic acids is 1. The summed E-state index contributed by atoms with van der Waals surface area (Å²) >= 11 is 0. The standard InChI is InChI=1S/C13H26O4/c1-7-8-10(11(14)15)16-17-13(5,6)9-12(2,3)4/h10H,7-9H2,1-6H3,(H,14,15)/p-1. The van der Waals surface area contributed by atoms with E-state index in [4.69, 9.17) is 9.78 Å². The second-order valence-corrected chi connectivity index (χ2v) is 6.27. The van der Waals surface area contributed by atoms with Gasteiger partial charge in [-0.25, -0.2) is 9.78 Å². The molecule has 1 atom stereocenters. The van der Waals surface area contributed by atoms with Crippen molar-refractivity contribution in [3.05, 3.63) is 0 Å². The highest BCUT2D eigenvalue weighted by atomic mass is 17.2. The molecule has 17 heavy (non-hydrogen) atoms. The predicted octanol–water partition coefficient (Wildman–Crippen LogP) is 2.07. The molecule has 4 heteroatoms. The summed E-state index contributed by atoms with van der Waals surface area (Å²) in [6.45, 7) is 12.0. The lowest BCUT2D eigenvalue weighted by atomic mass is 9.84. The Balaban J connectivity index is 4.27. The number of hydrogen-bond acceptors (Lipinski definition) is 4. The molecular weight excluding hydrogens is 220 g/mol. The van der Waals surface area contributed by atoms with E-state index in [1.807, 2.05) is 20.8 Å². The van der Waals surface area contributed by atoms with Crippen molar-refractivity contribution >= 4 is 5.97 Å². The molecule has 4 nitrogen and oxygen atoms in total. The van der Waals surface area contributed by atoms with Crippen LogP contribution in [0.15, 0.2) is 0 Å². The highest BCUT2D eigenvalue weighted by molar-refractivity contribution is 5.69. The molecule has 0 saturated carbocycles. The van der Waals surface area contributed by atoms with Crippen LogP contribution < -0.4 is 5.11 Å². The van der Waals surface area contributed by atoms with Gasteiger partial charge in [-0.15, -0.1) is 0 Å². The van der Waals surface area contributed by atoms with Crippen molar-refractivity contribution in [3.63, 3.8) is 0 Å². The van der Waals surface area contributed by atoms with Crippen molar-refractivity contribution in [2.24, 2.45) is 5.41 Å². The molecular formula is C13H25O4-. The Hall–Kier alpha value is -0.610. The molecule has 0 amide bonds. The maximum Gasteiger partial charge on any atom is 0.132 e. The van der Waals surface area contributed by atoms with Crippen LogP contribution in [0.2, 0.25) is 0 Å². The molecule has 0 fully saturated rings. The summed E-state index contributed by atoms with van der Waals surface area (Å²) < 4.78 is 0. The quantitative estimate of drug-likeness (QED) is 0.509. The molecule has 0 rings (SSSR count). The second-order valence-electron chi connectivity index (χ2n) is 6.27. The van der Waals surface area contributed by atoms with Gasteiger partial charge in [0.05, 0.1) is 11.6 Å². The van der Waals surface area contributed by atoms with Crippen LogP contribution in [0.5, 0.6) is 0 Å². The van der Waals surface area contributed by atoms with Gasteiger partial charge in [-0.3, -0.25) is 0 Å². The third-order valence-electron chi connectivity index (χ3n) is 2.16. The molecule has 0 aliphatic carbocycles. The average Bonchev–Trinajstić information content (AvgIpc) is 2.07. The predicted molar refractivity (Wildman–Crippen MR) is 64.0 cm³/mol. The molecule has 0 saturated heterocycles. The van der Waals surface area contributed by atoms with Crippen molar-refractivity contribution in [1.29, 1.82) is 0 Å². The van der Waals surface area contributed by atoms with E-state index in [0.717, 1.165) is 6.42 Å². The normalized spacial score (nSPS) is 14.7. The van der Waals surface area contributed by atoms with Crippen LogP contribution in [-0.4, -0.2) is 17.7 Å². The summed E-state index contributed by atoms with van der Waals surface area (Å²) in [5.74, 6) is -1.22. The fraction of sp³-hybridized carbons (Fsp3) is 0.923. The first-order chi connectivity index (χ1) is 7.57. The molecule has 0 aliphatic heterocycles. The maximum atomic E-state index is 10.8. The lowest BCUT2D eigenvalue weighted by molar-refractivity contribution is -0.398. The summed E-state index contributed by atoms with van der Waals surface area (Å²) in [5, 5.41) is 10.8. The van der Waals surface area contributed by atoms with E-state index in [0.29, 0.717) is 12.8 Å². The van der Waals surface area contributed by atoms with Gasteiger partial charge in [0.15, 0.2) is 0 Å². The summed E-state index contributed by atoms with van der Waals surface area (Å²) in [4.78, 5) is 21.0. The van der Waals surface area contributed by atoms with E-state index in [1.54, 1.807) is 0 Å². The van der Waals surface area contributed by atoms with Gasteiger partial charge in [-0.2, -0.15) is 0 Å². The van der Waals surface area contributed by atoms with Crippen molar-refractivity contribution in [3.8, 4) is 0 Å². The van der Waals surface area contributed by atoms with E-state index >= 15 is 0 Å². The Labute approximate surface area is 104 Å². The van der Waals surface area contributed by atoms with Gasteiger partial charge < -0.3 is 9.90 Å². The molecule has 0 spiro atoms. The van der Waals surface area contributed by atoms with E-state index in [1.165, 1.54) is 0 Å². The highest BCUT2D eigenvalue weighted by Crippen LogP contribution is 2.29. The molecule has 102 valence electrons. The minimum absolute atomic E-state index is 0.0919. The average molecular weight is 245 g/mol. The van der Waals surface area contributed by atoms with Crippen molar-refractivity contribution in [2.45, 2.75) is 72.5 Å². The number of rotatable bonds is 7. The van der Waals surface area contributed by atoms with Gasteiger partial charge in [-0.05, 0) is 32.1 Å². The zero-order chi connectivity index (χ0) is 13.7. The Bertz CT molecular complexity index is 240. The summed E-state index contributed by atoms with van der Waals surface area (Å²) in [6.07, 6.45) is 0.890. The van der Waals surface area contributed by atoms with Crippen LogP contribution >= 0.6 is 0 Å². The number of aliphatic carboxylic acids is 1. The maximum absolute atomic E-state index is 10.8. The minimum Gasteiger partial charge on any atom is -0.547 e. The smallest absolute Gasteiger partial charge is 0.132 e. The van der Waals surface area contributed by atoms with Crippen molar-refractivity contribution < 1.29 is 19.7 Å². The molecule has 0 aromatic rings. The Morgan fingerprint density at radius 1 is 1.24 bits per heavy atom. The number of hydrogen-bond donors (Lipinski definition) is 0. The van der Waals surface area contributed by atoms with Gasteiger partial charge in [0, 0.05) is 0 Å². The number of carboxylic acids is 1. The molecule has 0 radical (unpaired) electrons. The van der Waals surface area contributed by atoms with Crippen molar-refractivity contribution in [1.82, 2.24) is 0 Å². The van der Waals surface area contributed by atoms with Gasteiger partial charge in [0.1, 0.15) is 6.10 Å². The number of carboxylic acid groups (broad SMARTS) is 1. The second kappa shape index (κ2) is 6.36. The third-order valence-corrected chi connectivity index (χ3v) is 2.16. The Kier molecular flexibility index (Phi) is 6.13. The fourth-order valence-electron chi connectivity index (χ4n) is 1.96. The molecule has 0 aliphatic rings. The van der Waals surface area contributed by atoms with E-state index < -0.39 is 17.7 Å². The number of carbonyl (C=O) groups is 1. The molecule has 0 aromatic carbocycles. The first kappa shape index (κ1) is 16.4. The van der Waals surface area contributed by atoms with Crippen LogP contribution in [0.4, 0.5) is 0 Å². The highest BCUT2D eigenvalue weighted by Gasteiger charge is 2.28. The molecule has 0 bridgehead atoms. The van der Waals surface area contributed by atoms with Gasteiger partial charge >= 0.3 is 0 Å². The molecule has 0 aromatic heterocycles. The van der Waals surface area contributed by atoms with Gasteiger partial charge in [0.25, 0.3) is 0 Å². The topological polar surface area (TPSA) is 58.6 Å². The van der Waals surface area contributed by atoms with Crippen molar-refractivity contribution in [2.75, 3.05) is 0 Å². The molecule has 0 N–H and O–H groups in total. The molecule has 0 heterocycles. The van der Waals surface area contributed by atoms with Crippen LogP contribution in [-0.2, 0) is 14.6 Å². The van der Waals surface area contributed by atoms with E-state index in [-0.39, 0.29) is 5.41 Å². The fourth-order valence-corrected chi connectivity index (χ4v) is 1.96. The summed E-state index contributed by atoms with van der Waals surface area (Å²) in [6, 6.07) is 0. The first-order valence-electron chi connectivity index (χ1n) is 6.13. The van der Waals surface area contributed by atoms with Crippen LogP contribution in [0.1, 0.15) is 60.8 Å². The zero-order valence-electron chi connectivity index (χ0n) is 11.8. The monoisotopic (exact) mass is 245 g/mol. The summed E-state index contributed by atoms with van der Waals surface area (Å²) in [7, 11) is 0. The van der Waals surface area contributed by atoms with Gasteiger partial charge in [-0.1, -0.05) is 34.1 Å². The van der Waals surface area contributed by atoms with E-state index in [2.05, 4.69) is 20.8 Å². The largest absolute Gasteiger partial charge is 0.547 e. The zero-order valence-corrected chi connectivity index (χ0v) is 11.8. The minimum atomic E-state index is -1.22. The Morgan fingerprint density at radius 3 is 2.12 bits per heavy atom. The SMILES string of the molecule is CCCC(OOC(C)(C)CC(C)(C)C)C(=O)[O-]. The Morgan fingerprint density at radius 2 is 1.76 bits per heavy atom. The summed E-state index contributed by atoms with van der Waals surface area (Å²) in [5.41, 5.74) is -0.422. The van der Waals surface area contributed by atoms with Crippen LogP contribution in [0.3, 0.4) is 0 Å². The lowest BCUT2D eigenvalue weighted by Gasteiger charge is -2.32. The van der Waals surface area contributed by atoms with Gasteiger partial charge in [0.2, 0.25) is 0 Å². The van der Waals surface area contributed by atoms with E-state index in [9.17, 15) is 9.90 Å². The third kappa shape index (κ3) is 8.16. The lowest BCUT2D eigenvalue weighted by Crippen LogP contribution is -2.40.